The van der Waals surface area contributed by atoms with Gasteiger partial charge in [-0.15, -0.1) is 0 Å². The number of nitriles is 1. The molecule has 0 aliphatic heterocycles. The largest absolute Gasteiger partial charge is 0.494 e. The lowest BCUT2D eigenvalue weighted by Crippen LogP contribution is -2.14. The van der Waals surface area contributed by atoms with Crippen molar-refractivity contribution in [3.8, 4) is 22.9 Å². The number of hydrogen-bond donors (Lipinski definition) is 0. The topological polar surface area (TPSA) is 58.8 Å². The van der Waals surface area contributed by atoms with Gasteiger partial charge in [-0.25, -0.2) is 9.97 Å². The zero-order valence-electron chi connectivity index (χ0n) is 16.9. The summed E-state index contributed by atoms with van der Waals surface area (Å²) in [4.78, 5) is 9.22. The van der Waals surface area contributed by atoms with Crippen LogP contribution in [0.2, 0.25) is 0 Å². The van der Waals surface area contributed by atoms with Crippen molar-refractivity contribution in [1.29, 1.82) is 5.26 Å². The number of hydrogen-bond acceptors (Lipinski definition) is 4. The molecule has 4 nitrogen and oxygen atoms in total. The minimum Gasteiger partial charge on any atom is -0.494 e. The van der Waals surface area contributed by atoms with Gasteiger partial charge in [0.25, 0.3) is 0 Å². The Hall–Kier alpha value is -2.41. The van der Waals surface area contributed by atoms with E-state index in [1.807, 2.05) is 24.5 Å². The summed E-state index contributed by atoms with van der Waals surface area (Å²) in [5, 5.41) is 9.03. The first-order valence-corrected chi connectivity index (χ1v) is 10.7. The number of aromatic nitrogens is 2. The molecule has 1 aromatic carbocycles. The van der Waals surface area contributed by atoms with Gasteiger partial charge >= 0.3 is 0 Å². The molecule has 0 saturated heterocycles. The van der Waals surface area contributed by atoms with Gasteiger partial charge in [0.2, 0.25) is 0 Å². The predicted molar refractivity (Wildman–Crippen MR) is 112 cm³/mol. The van der Waals surface area contributed by atoms with Gasteiger partial charge in [0.05, 0.1) is 12.7 Å². The first kappa shape index (κ1) is 20.3. The molecule has 0 unspecified atom stereocenters. The van der Waals surface area contributed by atoms with E-state index in [-0.39, 0.29) is 5.92 Å². The molecule has 1 aromatic heterocycles. The highest BCUT2D eigenvalue weighted by atomic mass is 16.5. The molecule has 3 rings (SSSR count). The molecule has 1 fully saturated rings. The van der Waals surface area contributed by atoms with Crippen LogP contribution in [0.5, 0.6) is 5.75 Å². The van der Waals surface area contributed by atoms with Crippen molar-refractivity contribution in [1.82, 2.24) is 9.97 Å². The zero-order valence-corrected chi connectivity index (χ0v) is 16.9. The van der Waals surface area contributed by atoms with Crippen LogP contribution in [0.1, 0.15) is 76.5 Å². The molecule has 2 aromatic rings. The first-order chi connectivity index (χ1) is 13.8. The highest BCUT2D eigenvalue weighted by Gasteiger charge is 2.23. The van der Waals surface area contributed by atoms with Crippen molar-refractivity contribution < 1.29 is 4.74 Å². The summed E-state index contributed by atoms with van der Waals surface area (Å²) in [6.07, 6.45) is 14.1. The van der Waals surface area contributed by atoms with Crippen molar-refractivity contribution in [3.63, 3.8) is 0 Å². The number of ether oxygens (including phenoxy) is 1. The average Bonchev–Trinajstić information content (AvgIpc) is 2.77. The molecular weight excluding hydrogens is 346 g/mol. The summed E-state index contributed by atoms with van der Waals surface area (Å²) in [6, 6.07) is 10.6. The van der Waals surface area contributed by atoms with Gasteiger partial charge in [0.1, 0.15) is 11.6 Å². The van der Waals surface area contributed by atoms with Crippen LogP contribution in [0.4, 0.5) is 0 Å². The molecule has 0 N–H and O–H groups in total. The predicted octanol–water partition coefficient (Wildman–Crippen LogP) is 6.29. The van der Waals surface area contributed by atoms with Crippen LogP contribution in [-0.4, -0.2) is 16.6 Å². The average molecular weight is 378 g/mol. The van der Waals surface area contributed by atoms with E-state index in [0.29, 0.717) is 5.92 Å². The van der Waals surface area contributed by atoms with E-state index in [1.165, 1.54) is 25.7 Å². The third-order valence-electron chi connectivity index (χ3n) is 5.65. The SMILES string of the molecule is CCCCCCCOc1ccc(-c2cnc([C@H]3CC[C@H](C#N)CC3)nc2)cc1. The second-order valence-corrected chi connectivity index (χ2v) is 7.79. The molecule has 4 heteroatoms. The van der Waals surface area contributed by atoms with Crippen LogP contribution in [0.3, 0.4) is 0 Å². The molecule has 28 heavy (non-hydrogen) atoms. The Morgan fingerprint density at radius 3 is 2.25 bits per heavy atom. The number of nitrogens with zero attached hydrogens (tertiary/aromatic N) is 3. The van der Waals surface area contributed by atoms with E-state index in [4.69, 9.17) is 10.00 Å². The Labute approximate surface area is 169 Å². The van der Waals surface area contributed by atoms with Gasteiger partial charge < -0.3 is 4.74 Å². The second-order valence-electron chi connectivity index (χ2n) is 7.79. The number of rotatable bonds is 9. The Morgan fingerprint density at radius 1 is 0.929 bits per heavy atom. The number of benzene rings is 1. The van der Waals surface area contributed by atoms with Crippen LogP contribution in [0.25, 0.3) is 11.1 Å². The summed E-state index contributed by atoms with van der Waals surface area (Å²) in [5.74, 6) is 2.45. The van der Waals surface area contributed by atoms with Crippen LogP contribution < -0.4 is 4.74 Å². The smallest absolute Gasteiger partial charge is 0.131 e. The fourth-order valence-corrected chi connectivity index (χ4v) is 3.82. The van der Waals surface area contributed by atoms with Crippen LogP contribution in [-0.2, 0) is 0 Å². The summed E-state index contributed by atoms with van der Waals surface area (Å²) >= 11 is 0. The maximum Gasteiger partial charge on any atom is 0.131 e. The molecule has 0 amide bonds. The van der Waals surface area contributed by atoms with E-state index in [1.54, 1.807) is 0 Å². The summed E-state index contributed by atoms with van der Waals surface area (Å²) in [6.45, 7) is 3.02. The van der Waals surface area contributed by atoms with Gasteiger partial charge in [-0.1, -0.05) is 44.7 Å². The van der Waals surface area contributed by atoms with Gasteiger partial charge in [0, 0.05) is 29.8 Å². The van der Waals surface area contributed by atoms with E-state index in [0.717, 1.165) is 61.4 Å². The van der Waals surface area contributed by atoms with Crippen molar-refractivity contribution in [2.75, 3.05) is 6.61 Å². The summed E-state index contributed by atoms with van der Waals surface area (Å²) in [7, 11) is 0. The third-order valence-corrected chi connectivity index (χ3v) is 5.65. The molecule has 0 atom stereocenters. The lowest BCUT2D eigenvalue weighted by atomic mass is 9.82. The summed E-state index contributed by atoms with van der Waals surface area (Å²) < 4.78 is 5.84. The first-order valence-electron chi connectivity index (χ1n) is 10.7. The van der Waals surface area contributed by atoms with E-state index in [2.05, 4.69) is 35.1 Å². The Morgan fingerprint density at radius 2 is 1.61 bits per heavy atom. The highest BCUT2D eigenvalue weighted by molar-refractivity contribution is 5.62. The van der Waals surface area contributed by atoms with Gasteiger partial charge in [-0.3, -0.25) is 0 Å². The monoisotopic (exact) mass is 377 g/mol. The van der Waals surface area contributed by atoms with Crippen molar-refractivity contribution in [2.24, 2.45) is 5.92 Å². The fraction of sp³-hybridized carbons (Fsp3) is 0.542. The molecule has 1 saturated carbocycles. The Kier molecular flexibility index (Phi) is 7.84. The molecule has 1 aliphatic carbocycles. The molecular formula is C24H31N3O. The molecule has 0 radical (unpaired) electrons. The standard InChI is InChI=1S/C24H31N3O/c1-2-3-4-5-6-15-28-23-13-11-20(12-14-23)22-17-26-24(27-18-22)21-9-7-19(16-25)8-10-21/h11-14,17-19,21H,2-10,15H2,1H3/t19-,21-. The molecule has 1 aliphatic rings. The lowest BCUT2D eigenvalue weighted by molar-refractivity contribution is 0.304. The molecule has 0 bridgehead atoms. The Balaban J connectivity index is 1.49. The number of unbranched alkanes of at least 4 members (excludes halogenated alkanes) is 4. The minimum absolute atomic E-state index is 0.215. The van der Waals surface area contributed by atoms with Crippen molar-refractivity contribution in [2.45, 2.75) is 70.6 Å². The minimum atomic E-state index is 0.215. The Bertz CT molecular complexity index is 741. The maximum absolute atomic E-state index is 9.03. The van der Waals surface area contributed by atoms with Crippen LogP contribution >= 0.6 is 0 Å². The van der Waals surface area contributed by atoms with E-state index in [9.17, 15) is 0 Å². The van der Waals surface area contributed by atoms with Crippen LogP contribution in [0.15, 0.2) is 36.7 Å². The molecule has 1 heterocycles. The van der Waals surface area contributed by atoms with Crippen molar-refractivity contribution >= 4 is 0 Å². The zero-order chi connectivity index (χ0) is 19.6. The van der Waals surface area contributed by atoms with Crippen molar-refractivity contribution in [3.05, 3.63) is 42.5 Å². The fourth-order valence-electron chi connectivity index (χ4n) is 3.82. The van der Waals surface area contributed by atoms with E-state index >= 15 is 0 Å². The molecule has 0 spiro atoms. The summed E-state index contributed by atoms with van der Waals surface area (Å²) in [5.41, 5.74) is 2.13. The van der Waals surface area contributed by atoms with Gasteiger partial charge in [0.15, 0.2) is 0 Å². The normalized spacial score (nSPS) is 19.1. The lowest BCUT2D eigenvalue weighted by Gasteiger charge is -2.23. The quantitative estimate of drug-likeness (QED) is 0.482. The highest BCUT2D eigenvalue weighted by Crippen LogP contribution is 2.34. The van der Waals surface area contributed by atoms with Gasteiger partial charge in [-0.2, -0.15) is 5.26 Å². The van der Waals surface area contributed by atoms with Gasteiger partial charge in [-0.05, 0) is 49.8 Å². The van der Waals surface area contributed by atoms with E-state index < -0.39 is 0 Å². The maximum atomic E-state index is 9.03. The molecule has 148 valence electrons. The van der Waals surface area contributed by atoms with Crippen LogP contribution in [0, 0.1) is 17.2 Å². The third kappa shape index (κ3) is 5.79. The second kappa shape index (κ2) is 10.8.